The van der Waals surface area contributed by atoms with E-state index in [0.29, 0.717) is 0 Å². The first-order valence-corrected chi connectivity index (χ1v) is 22.1. The van der Waals surface area contributed by atoms with E-state index in [-0.39, 0.29) is 26.5 Å². The molecular formula is C53H41N4PtSi-3. The minimum Gasteiger partial charge on any atom is -0.498 e. The van der Waals surface area contributed by atoms with Crippen LogP contribution in [0.3, 0.4) is 0 Å². The number of pyridine rings is 1. The van der Waals surface area contributed by atoms with Crippen molar-refractivity contribution in [3.05, 3.63) is 206 Å². The molecule has 0 aliphatic carbocycles. The molecule has 290 valence electrons. The molecule has 2 aromatic heterocycles. The summed E-state index contributed by atoms with van der Waals surface area (Å²) in [6.07, 6.45) is 1.95. The van der Waals surface area contributed by atoms with E-state index in [4.69, 9.17) is 4.98 Å². The van der Waals surface area contributed by atoms with Crippen LogP contribution in [-0.4, -0.2) is 17.6 Å². The molecule has 0 atom stereocenters. The smallest absolute Gasteiger partial charge is 0.135 e. The molecule has 2 aliphatic rings. The van der Waals surface area contributed by atoms with Crippen molar-refractivity contribution < 1.29 is 21.1 Å². The topological polar surface area (TPSA) is 24.3 Å². The van der Waals surface area contributed by atoms with Crippen LogP contribution in [0.2, 0.25) is 0 Å². The monoisotopic (exact) mass is 956 g/mol. The Bertz CT molecular complexity index is 2990. The van der Waals surface area contributed by atoms with Gasteiger partial charge in [0, 0.05) is 50.7 Å². The summed E-state index contributed by atoms with van der Waals surface area (Å²) in [6, 6.07) is 70.3. The Labute approximate surface area is 361 Å². The van der Waals surface area contributed by atoms with Crippen LogP contribution in [0.1, 0.15) is 31.9 Å². The first kappa shape index (κ1) is 37.3. The fraction of sp³-hybridized carbons (Fsp3) is 0.0943. The number of rotatable bonds is 6. The standard InChI is InChI=1S/C53H41N4Si.Pt/c1-53(2,3)38-30-31-54-52(32-38)57-46-23-10-7-20-42(46)43-29-28-41(34-49(43)57)58(50-26-13-8-21-44(50)45-22-9-14-27-51(45)58)40-19-15-18-39(33-40)56-36-55(35-37-16-5-4-6-17-37)47-24-11-12-25-48(47)56;/h4-32,36H,35H2,1-3H3;/q-3;. The van der Waals surface area contributed by atoms with Gasteiger partial charge < -0.3 is 14.4 Å². The van der Waals surface area contributed by atoms with Gasteiger partial charge in [0.05, 0.1) is 0 Å². The zero-order valence-corrected chi connectivity index (χ0v) is 36.4. The van der Waals surface area contributed by atoms with Crippen LogP contribution in [-0.2, 0) is 33.0 Å². The third-order valence-electron chi connectivity index (χ3n) is 12.1. The zero-order valence-electron chi connectivity index (χ0n) is 33.1. The van der Waals surface area contributed by atoms with E-state index in [2.05, 4.69) is 224 Å². The Hall–Kier alpha value is -6.00. The van der Waals surface area contributed by atoms with E-state index in [1.54, 1.807) is 0 Å². The van der Waals surface area contributed by atoms with Crippen LogP contribution in [0, 0.1) is 18.8 Å². The summed E-state index contributed by atoms with van der Waals surface area (Å²) < 4.78 is 2.33. The number of para-hydroxylation sites is 3. The zero-order chi connectivity index (χ0) is 39.0. The van der Waals surface area contributed by atoms with Gasteiger partial charge in [-0.2, -0.15) is 59.5 Å². The van der Waals surface area contributed by atoms with Crippen molar-refractivity contribution in [2.45, 2.75) is 32.7 Å². The fourth-order valence-electron chi connectivity index (χ4n) is 9.41. The number of fused-ring (bicyclic) bond motifs is 7. The molecule has 9 aromatic rings. The third kappa shape index (κ3) is 5.85. The van der Waals surface area contributed by atoms with Gasteiger partial charge in [0.1, 0.15) is 13.9 Å². The number of hydrogen-bond donors (Lipinski definition) is 0. The molecule has 2 aliphatic heterocycles. The molecule has 59 heavy (non-hydrogen) atoms. The number of aromatic nitrogens is 2. The summed E-state index contributed by atoms with van der Waals surface area (Å²) in [7, 11) is -3.01. The molecule has 0 bridgehead atoms. The van der Waals surface area contributed by atoms with Gasteiger partial charge in [0.2, 0.25) is 0 Å². The second kappa shape index (κ2) is 14.4. The fourth-order valence-corrected chi connectivity index (χ4v) is 14.4. The van der Waals surface area contributed by atoms with Gasteiger partial charge in [0.15, 0.2) is 0 Å². The Morgan fingerprint density at radius 1 is 0.610 bits per heavy atom. The van der Waals surface area contributed by atoms with Crippen molar-refractivity contribution in [1.29, 1.82) is 0 Å². The van der Waals surface area contributed by atoms with Crippen LogP contribution in [0.15, 0.2) is 176 Å². The minimum atomic E-state index is -3.01. The van der Waals surface area contributed by atoms with E-state index < -0.39 is 8.07 Å². The quantitative estimate of drug-likeness (QED) is 0.123. The van der Waals surface area contributed by atoms with Gasteiger partial charge in [-0.15, -0.1) is 11.1 Å². The van der Waals surface area contributed by atoms with Crippen molar-refractivity contribution in [2.75, 3.05) is 9.80 Å². The predicted molar refractivity (Wildman–Crippen MR) is 243 cm³/mol. The molecular weight excluding hydrogens is 916 g/mol. The van der Waals surface area contributed by atoms with Crippen molar-refractivity contribution in [3.8, 4) is 16.9 Å². The number of benzene rings is 7. The SMILES string of the molecule is CC(C)(C)c1ccnc(-n2c3[c-]c([Si]4(c5[c-]c(N6[CH-]N(Cc7ccccc7)c7ccccc76)ccc5)c5ccccc5-c5ccccc54)ccc3c3ccccc32)c1.[Pt]. The maximum absolute atomic E-state index is 5.01. The van der Waals surface area contributed by atoms with Crippen molar-refractivity contribution in [2.24, 2.45) is 0 Å². The Morgan fingerprint density at radius 3 is 2.03 bits per heavy atom. The molecule has 4 nitrogen and oxygen atoms in total. The molecule has 0 N–H and O–H groups in total. The molecule has 0 radical (unpaired) electrons. The molecule has 4 heterocycles. The molecule has 0 fully saturated rings. The minimum absolute atomic E-state index is 0. The van der Waals surface area contributed by atoms with Crippen LogP contribution >= 0.6 is 0 Å². The van der Waals surface area contributed by atoms with E-state index in [1.165, 1.54) is 59.5 Å². The summed E-state index contributed by atoms with van der Waals surface area (Å²) in [5.74, 6) is 0.909. The molecule has 7 aromatic carbocycles. The van der Waals surface area contributed by atoms with Gasteiger partial charge in [-0.25, -0.2) is 4.98 Å². The maximum atomic E-state index is 5.01. The van der Waals surface area contributed by atoms with E-state index in [0.717, 1.165) is 34.8 Å². The molecule has 0 amide bonds. The molecule has 0 spiro atoms. The second-order valence-corrected chi connectivity index (χ2v) is 20.2. The van der Waals surface area contributed by atoms with E-state index in [1.807, 2.05) is 6.20 Å². The summed E-state index contributed by atoms with van der Waals surface area (Å²) >= 11 is 0. The van der Waals surface area contributed by atoms with Crippen molar-refractivity contribution in [1.82, 2.24) is 9.55 Å². The first-order valence-electron chi connectivity index (χ1n) is 20.1. The van der Waals surface area contributed by atoms with Crippen LogP contribution < -0.4 is 30.5 Å². The third-order valence-corrected chi connectivity index (χ3v) is 16.8. The van der Waals surface area contributed by atoms with Gasteiger partial charge in [0.25, 0.3) is 0 Å². The maximum Gasteiger partial charge on any atom is 0.135 e. The number of anilines is 3. The Kier molecular flexibility index (Phi) is 9.08. The van der Waals surface area contributed by atoms with Crippen LogP contribution in [0.5, 0.6) is 0 Å². The van der Waals surface area contributed by atoms with Gasteiger partial charge in [-0.05, 0) is 73.8 Å². The molecule has 11 rings (SSSR count). The second-order valence-electron chi connectivity index (χ2n) is 16.5. The van der Waals surface area contributed by atoms with Gasteiger partial charge in [-0.3, -0.25) is 0 Å². The average molecular weight is 957 g/mol. The predicted octanol–water partition coefficient (Wildman–Crippen LogP) is 9.71. The number of nitrogens with zero attached hydrogens (tertiary/aromatic N) is 4. The van der Waals surface area contributed by atoms with E-state index >= 15 is 0 Å². The molecule has 6 heteroatoms. The largest absolute Gasteiger partial charge is 0.498 e. The molecule has 0 unspecified atom stereocenters. The summed E-state index contributed by atoms with van der Waals surface area (Å²) in [6.45, 7) is 9.81. The Balaban J connectivity index is 0.00000420. The normalized spacial score (nSPS) is 13.9. The van der Waals surface area contributed by atoms with Gasteiger partial charge >= 0.3 is 0 Å². The Morgan fingerprint density at radius 2 is 1.27 bits per heavy atom. The average Bonchev–Trinajstić information content (AvgIpc) is 3.90. The summed E-state index contributed by atoms with van der Waals surface area (Å²) in [5.41, 5.74) is 10.6. The number of hydrogen-bond acceptors (Lipinski definition) is 3. The molecule has 0 saturated carbocycles. The molecule has 0 saturated heterocycles. The van der Waals surface area contributed by atoms with Crippen LogP contribution in [0.25, 0.3) is 38.8 Å². The summed E-state index contributed by atoms with van der Waals surface area (Å²) in [4.78, 5) is 9.68. The van der Waals surface area contributed by atoms with E-state index in [9.17, 15) is 0 Å². The van der Waals surface area contributed by atoms with Gasteiger partial charge in [-0.1, -0.05) is 135 Å². The summed E-state index contributed by atoms with van der Waals surface area (Å²) in [5, 5.41) is 7.52. The van der Waals surface area contributed by atoms with Crippen molar-refractivity contribution in [3.63, 3.8) is 0 Å². The van der Waals surface area contributed by atoms with Crippen LogP contribution in [0.4, 0.5) is 17.1 Å². The first-order chi connectivity index (χ1) is 28.4. The van der Waals surface area contributed by atoms with Crippen molar-refractivity contribution >= 4 is 67.7 Å².